The third-order valence-electron chi connectivity index (χ3n) is 1.94. The zero-order valence-corrected chi connectivity index (χ0v) is 6.64. The van der Waals surface area contributed by atoms with Crippen LogP contribution in [0.15, 0.2) is 0 Å². The predicted molar refractivity (Wildman–Crippen MR) is 35.5 cm³/mol. The van der Waals surface area contributed by atoms with Gasteiger partial charge in [-0.2, -0.15) is 13.2 Å². The van der Waals surface area contributed by atoms with E-state index in [1.54, 1.807) is 0 Å². The van der Waals surface area contributed by atoms with E-state index in [0.717, 1.165) is 4.90 Å². The molecule has 1 rings (SSSR count). The van der Waals surface area contributed by atoms with E-state index in [9.17, 15) is 18.0 Å². The number of alkyl halides is 3. The van der Waals surface area contributed by atoms with Gasteiger partial charge in [0.15, 0.2) is 0 Å². The first-order valence-corrected chi connectivity index (χ1v) is 3.40. The second-order valence-corrected chi connectivity index (χ2v) is 2.71. The molecule has 1 N–H and O–H groups in total. The monoisotopic (exact) mass is 182 g/mol. The fourth-order valence-corrected chi connectivity index (χ4v) is 1.23. The summed E-state index contributed by atoms with van der Waals surface area (Å²) in [6.45, 7) is 0. The van der Waals surface area contributed by atoms with Gasteiger partial charge in [-0.05, 0) is 7.05 Å². The van der Waals surface area contributed by atoms with E-state index in [1.807, 2.05) is 0 Å². The Morgan fingerprint density at radius 1 is 1.50 bits per heavy atom. The van der Waals surface area contributed by atoms with Gasteiger partial charge in [0.1, 0.15) is 12.1 Å². The molecule has 1 aliphatic heterocycles. The van der Waals surface area contributed by atoms with Crippen molar-refractivity contribution in [3.8, 4) is 0 Å². The quantitative estimate of drug-likeness (QED) is 0.578. The lowest BCUT2D eigenvalue weighted by Gasteiger charge is -2.02. The van der Waals surface area contributed by atoms with Gasteiger partial charge in [0.2, 0.25) is 5.91 Å². The molecule has 3 nitrogen and oxygen atoms in total. The highest BCUT2D eigenvalue weighted by Gasteiger charge is 2.63. The zero-order valence-electron chi connectivity index (χ0n) is 6.64. The van der Waals surface area contributed by atoms with Crippen LogP contribution < -0.4 is 5.32 Å². The molecular weight excluding hydrogens is 173 g/mol. The summed E-state index contributed by atoms with van der Waals surface area (Å²) in [4.78, 5) is 11.8. The molecule has 1 fully saturated rings. The van der Waals surface area contributed by atoms with E-state index < -0.39 is 24.2 Å². The Balaban J connectivity index is 2.60. The van der Waals surface area contributed by atoms with Crippen LogP contribution in [0.5, 0.6) is 0 Å². The minimum atomic E-state index is -4.30. The number of carbonyl (C=O) groups is 1. The summed E-state index contributed by atoms with van der Waals surface area (Å²) in [5.74, 6) is -0.583. The van der Waals surface area contributed by atoms with Crippen LogP contribution in [0, 0.1) is 0 Å². The highest BCUT2D eigenvalue weighted by atomic mass is 19.4. The van der Waals surface area contributed by atoms with E-state index in [2.05, 4.69) is 5.32 Å². The van der Waals surface area contributed by atoms with Gasteiger partial charge in [-0.3, -0.25) is 9.69 Å². The Kier molecular flexibility index (Phi) is 2.03. The predicted octanol–water partition coefficient (Wildman–Crippen LogP) is -0.0227. The van der Waals surface area contributed by atoms with Crippen molar-refractivity contribution in [1.29, 1.82) is 0 Å². The summed E-state index contributed by atoms with van der Waals surface area (Å²) >= 11 is 0. The van der Waals surface area contributed by atoms with E-state index >= 15 is 0 Å². The number of amides is 1. The summed E-state index contributed by atoms with van der Waals surface area (Å²) in [7, 11) is 2.60. The van der Waals surface area contributed by atoms with E-state index in [4.69, 9.17) is 0 Å². The van der Waals surface area contributed by atoms with Gasteiger partial charge in [-0.15, -0.1) is 0 Å². The van der Waals surface area contributed by atoms with Gasteiger partial charge >= 0.3 is 6.18 Å². The van der Waals surface area contributed by atoms with Crippen LogP contribution >= 0.6 is 0 Å². The maximum atomic E-state index is 12.0. The number of hydrogen-bond donors (Lipinski definition) is 1. The lowest BCUT2D eigenvalue weighted by Crippen LogP contribution is -2.29. The number of rotatable bonds is 1. The number of likely N-dealkylation sites (N-methyl/N-ethyl adjacent to an activating group) is 2. The first-order chi connectivity index (χ1) is 5.39. The van der Waals surface area contributed by atoms with Crippen molar-refractivity contribution in [2.75, 3.05) is 14.1 Å². The molecule has 1 aliphatic rings. The zero-order chi connectivity index (χ0) is 9.52. The summed E-state index contributed by atoms with van der Waals surface area (Å²) in [5, 5.41) is 2.18. The third kappa shape index (κ3) is 1.38. The molecular formula is C6H9F3N2O. The van der Waals surface area contributed by atoms with Crippen LogP contribution in [0.1, 0.15) is 0 Å². The standard InChI is InChI=1S/C6H9F3N2O/c1-10-5(12)3-4(11(3)2)6(7,8)9/h3-4H,1-2H3,(H,10,12). The third-order valence-corrected chi connectivity index (χ3v) is 1.94. The lowest BCUT2D eigenvalue weighted by molar-refractivity contribution is -0.139. The second-order valence-electron chi connectivity index (χ2n) is 2.71. The van der Waals surface area contributed by atoms with Crippen molar-refractivity contribution in [1.82, 2.24) is 10.2 Å². The van der Waals surface area contributed by atoms with Crippen molar-refractivity contribution in [3.63, 3.8) is 0 Å². The Bertz CT molecular complexity index is 203. The number of nitrogens with one attached hydrogen (secondary N) is 1. The largest absolute Gasteiger partial charge is 0.406 e. The fourth-order valence-electron chi connectivity index (χ4n) is 1.23. The van der Waals surface area contributed by atoms with Crippen LogP contribution in [0.4, 0.5) is 13.2 Å². The maximum Gasteiger partial charge on any atom is 0.406 e. The molecule has 3 atom stereocenters. The summed E-state index contributed by atoms with van der Waals surface area (Å²) in [6, 6.07) is -2.63. The minimum absolute atomic E-state index is 0.583. The lowest BCUT2D eigenvalue weighted by atomic mass is 10.3. The molecule has 70 valence electrons. The van der Waals surface area contributed by atoms with Crippen LogP contribution in [-0.4, -0.2) is 43.2 Å². The molecule has 0 bridgehead atoms. The number of nitrogens with zero attached hydrogens (tertiary/aromatic N) is 1. The molecule has 0 saturated carbocycles. The van der Waals surface area contributed by atoms with Crippen molar-refractivity contribution >= 4 is 5.91 Å². The number of hydrogen-bond acceptors (Lipinski definition) is 2. The van der Waals surface area contributed by atoms with Gasteiger partial charge in [0.05, 0.1) is 0 Å². The summed E-state index contributed by atoms with van der Waals surface area (Å²) < 4.78 is 36.0. The molecule has 0 spiro atoms. The van der Waals surface area contributed by atoms with Gasteiger partial charge < -0.3 is 5.32 Å². The van der Waals surface area contributed by atoms with Crippen LogP contribution in [0.3, 0.4) is 0 Å². The molecule has 0 aromatic carbocycles. The second kappa shape index (κ2) is 2.62. The SMILES string of the molecule is CNC(=O)C1C(C(F)(F)F)N1C. The van der Waals surface area contributed by atoms with Crippen LogP contribution in [0.2, 0.25) is 0 Å². The number of halogens is 3. The summed E-state index contributed by atoms with van der Waals surface area (Å²) in [5.41, 5.74) is 0. The van der Waals surface area contributed by atoms with Crippen molar-refractivity contribution in [2.24, 2.45) is 0 Å². The Hall–Kier alpha value is -0.780. The molecule has 6 heteroatoms. The highest BCUT2D eigenvalue weighted by molar-refractivity contribution is 5.85. The van der Waals surface area contributed by atoms with Gasteiger partial charge in [-0.1, -0.05) is 0 Å². The van der Waals surface area contributed by atoms with E-state index in [0.29, 0.717) is 0 Å². The first-order valence-electron chi connectivity index (χ1n) is 3.40. The van der Waals surface area contributed by atoms with Crippen molar-refractivity contribution < 1.29 is 18.0 Å². The molecule has 1 amide bonds. The van der Waals surface area contributed by atoms with Crippen LogP contribution in [-0.2, 0) is 4.79 Å². The molecule has 0 aromatic rings. The Labute approximate surface area is 67.5 Å². The smallest absolute Gasteiger partial charge is 0.358 e. The molecule has 0 aliphatic carbocycles. The van der Waals surface area contributed by atoms with E-state index in [1.165, 1.54) is 14.1 Å². The first kappa shape index (κ1) is 9.31. The summed E-state index contributed by atoms with van der Waals surface area (Å²) in [6.07, 6.45) is -4.30. The normalized spacial score (nSPS) is 34.6. The van der Waals surface area contributed by atoms with E-state index in [-0.39, 0.29) is 0 Å². The molecule has 12 heavy (non-hydrogen) atoms. The maximum absolute atomic E-state index is 12.0. The molecule has 1 saturated heterocycles. The topological polar surface area (TPSA) is 32.1 Å². The average Bonchev–Trinajstić information content (AvgIpc) is 2.59. The number of carbonyl (C=O) groups excluding carboxylic acids is 1. The van der Waals surface area contributed by atoms with Gasteiger partial charge in [0.25, 0.3) is 0 Å². The Morgan fingerprint density at radius 2 is 2.00 bits per heavy atom. The highest BCUT2D eigenvalue weighted by Crippen LogP contribution is 2.39. The minimum Gasteiger partial charge on any atom is -0.358 e. The molecule has 1 heterocycles. The van der Waals surface area contributed by atoms with Crippen molar-refractivity contribution in [2.45, 2.75) is 18.3 Å². The average molecular weight is 182 g/mol. The van der Waals surface area contributed by atoms with Crippen molar-refractivity contribution in [3.05, 3.63) is 0 Å². The van der Waals surface area contributed by atoms with Gasteiger partial charge in [-0.25, -0.2) is 0 Å². The molecule has 0 radical (unpaired) electrons. The molecule has 3 unspecified atom stereocenters. The molecule has 0 aromatic heterocycles. The van der Waals surface area contributed by atoms with Gasteiger partial charge in [0, 0.05) is 7.05 Å². The fraction of sp³-hybridized carbons (Fsp3) is 0.833. The Morgan fingerprint density at radius 3 is 2.25 bits per heavy atom. The van der Waals surface area contributed by atoms with Crippen LogP contribution in [0.25, 0.3) is 0 Å².